The van der Waals surface area contributed by atoms with E-state index in [-0.39, 0.29) is 17.9 Å². The maximum absolute atomic E-state index is 13.6. The fraction of sp³-hybridized carbons (Fsp3) is 0.524. The van der Waals surface area contributed by atoms with Crippen molar-refractivity contribution in [1.82, 2.24) is 10.2 Å². The smallest absolute Gasteiger partial charge is 0.336 e. The molecule has 0 spiro atoms. The number of esters is 1. The van der Waals surface area contributed by atoms with Crippen molar-refractivity contribution < 1.29 is 23.8 Å². The van der Waals surface area contributed by atoms with E-state index in [0.29, 0.717) is 11.3 Å². The minimum atomic E-state index is -1.36. The zero-order chi connectivity index (χ0) is 21.2. The lowest BCUT2D eigenvalue weighted by molar-refractivity contribution is -0.157. The van der Waals surface area contributed by atoms with E-state index in [0.717, 1.165) is 0 Å². The fourth-order valence-electron chi connectivity index (χ4n) is 4.24. The Labute approximate surface area is 165 Å². The number of methoxy groups -OCH3 is 1. The standard InChI is InChI=1S/C21H29FN2O4/c1-7-21(20(26)27)16(13-8-10-14(22)11-9-13)15(18(25)28-6)17(12(2)3)23-19(21)24(4)5/h8-12,16,19,23H,7H2,1-6H3,(H,26,27). The first-order chi connectivity index (χ1) is 13.1. The third kappa shape index (κ3) is 3.51. The van der Waals surface area contributed by atoms with Crippen LogP contribution in [0.4, 0.5) is 4.39 Å². The van der Waals surface area contributed by atoms with Gasteiger partial charge in [0.05, 0.1) is 18.8 Å². The summed E-state index contributed by atoms with van der Waals surface area (Å²) in [6, 6.07) is 5.67. The van der Waals surface area contributed by atoms with Gasteiger partial charge in [0.1, 0.15) is 11.2 Å². The molecule has 0 aliphatic carbocycles. The number of hydrogen-bond donors (Lipinski definition) is 2. The molecule has 3 unspecified atom stereocenters. The molecule has 6 nitrogen and oxygen atoms in total. The van der Waals surface area contributed by atoms with Crippen LogP contribution >= 0.6 is 0 Å². The molecule has 2 rings (SSSR count). The van der Waals surface area contributed by atoms with Gasteiger partial charge in [0.25, 0.3) is 0 Å². The molecular weight excluding hydrogens is 363 g/mol. The number of carbonyl (C=O) groups is 2. The zero-order valence-corrected chi connectivity index (χ0v) is 17.2. The number of ether oxygens (including phenoxy) is 1. The third-order valence-corrected chi connectivity index (χ3v) is 5.56. The van der Waals surface area contributed by atoms with Gasteiger partial charge in [-0.05, 0) is 44.1 Å². The monoisotopic (exact) mass is 392 g/mol. The van der Waals surface area contributed by atoms with E-state index in [2.05, 4.69) is 5.32 Å². The molecule has 28 heavy (non-hydrogen) atoms. The van der Waals surface area contributed by atoms with Crippen molar-refractivity contribution in [2.45, 2.75) is 39.3 Å². The van der Waals surface area contributed by atoms with Gasteiger partial charge in [-0.2, -0.15) is 0 Å². The van der Waals surface area contributed by atoms with Crippen LogP contribution < -0.4 is 5.32 Å². The first-order valence-corrected chi connectivity index (χ1v) is 9.35. The minimum Gasteiger partial charge on any atom is -0.481 e. The molecular formula is C21H29FN2O4. The van der Waals surface area contributed by atoms with Crippen LogP contribution in [0.1, 0.15) is 38.7 Å². The van der Waals surface area contributed by atoms with Gasteiger partial charge in [-0.1, -0.05) is 32.9 Å². The highest BCUT2D eigenvalue weighted by atomic mass is 19.1. The molecule has 0 saturated heterocycles. The number of carbonyl (C=O) groups excluding carboxylic acids is 1. The Morgan fingerprint density at radius 1 is 1.29 bits per heavy atom. The summed E-state index contributed by atoms with van der Waals surface area (Å²) in [4.78, 5) is 27.3. The van der Waals surface area contributed by atoms with Crippen LogP contribution in [0.3, 0.4) is 0 Å². The quantitative estimate of drug-likeness (QED) is 0.725. The molecule has 0 fully saturated rings. The molecule has 0 saturated carbocycles. The Morgan fingerprint density at radius 2 is 1.86 bits per heavy atom. The van der Waals surface area contributed by atoms with Crippen molar-refractivity contribution in [3.8, 4) is 0 Å². The number of aliphatic carboxylic acids is 1. The maximum Gasteiger partial charge on any atom is 0.336 e. The predicted molar refractivity (Wildman–Crippen MR) is 104 cm³/mol. The molecule has 0 amide bonds. The van der Waals surface area contributed by atoms with Gasteiger partial charge < -0.3 is 15.2 Å². The van der Waals surface area contributed by atoms with E-state index in [9.17, 15) is 19.1 Å². The van der Waals surface area contributed by atoms with Gasteiger partial charge in [0.15, 0.2) is 0 Å². The largest absolute Gasteiger partial charge is 0.481 e. The van der Waals surface area contributed by atoms with E-state index in [4.69, 9.17) is 4.74 Å². The number of nitrogens with zero attached hydrogens (tertiary/aromatic N) is 1. The summed E-state index contributed by atoms with van der Waals surface area (Å²) < 4.78 is 18.6. The van der Waals surface area contributed by atoms with Gasteiger partial charge in [-0.3, -0.25) is 9.69 Å². The van der Waals surface area contributed by atoms with Crippen LogP contribution in [-0.2, 0) is 14.3 Å². The maximum atomic E-state index is 13.6. The van der Waals surface area contributed by atoms with E-state index < -0.39 is 35.3 Å². The summed E-state index contributed by atoms with van der Waals surface area (Å²) in [7, 11) is 4.88. The number of allylic oxidation sites excluding steroid dienone is 1. The summed E-state index contributed by atoms with van der Waals surface area (Å²) in [6.07, 6.45) is -0.317. The number of rotatable bonds is 6. The van der Waals surface area contributed by atoms with Gasteiger partial charge in [-0.15, -0.1) is 0 Å². The molecule has 0 aromatic heterocycles. The summed E-state index contributed by atoms with van der Waals surface area (Å²) in [5, 5.41) is 13.7. The molecule has 0 bridgehead atoms. The van der Waals surface area contributed by atoms with Crippen molar-refractivity contribution in [3.63, 3.8) is 0 Å². The second kappa shape index (κ2) is 8.31. The lowest BCUT2D eigenvalue weighted by Crippen LogP contribution is -2.63. The molecule has 2 N–H and O–H groups in total. The number of carboxylic acid groups (broad SMARTS) is 1. The lowest BCUT2D eigenvalue weighted by atomic mass is 9.61. The highest BCUT2D eigenvalue weighted by Gasteiger charge is 2.58. The van der Waals surface area contributed by atoms with Gasteiger partial charge in [0.2, 0.25) is 0 Å². The fourth-order valence-corrected chi connectivity index (χ4v) is 4.24. The predicted octanol–water partition coefficient (Wildman–Crippen LogP) is 2.96. The van der Waals surface area contributed by atoms with Crippen molar-refractivity contribution in [2.75, 3.05) is 21.2 Å². The molecule has 7 heteroatoms. The molecule has 1 aliphatic heterocycles. The normalized spacial score (nSPS) is 25.0. The Bertz CT molecular complexity index is 773. The van der Waals surface area contributed by atoms with E-state index in [1.807, 2.05) is 18.7 Å². The third-order valence-electron chi connectivity index (χ3n) is 5.56. The molecule has 1 aliphatic rings. The topological polar surface area (TPSA) is 78.9 Å². The second-order valence-electron chi connectivity index (χ2n) is 7.67. The Morgan fingerprint density at radius 3 is 2.25 bits per heavy atom. The molecule has 154 valence electrons. The number of carboxylic acids is 1. The van der Waals surface area contributed by atoms with Crippen molar-refractivity contribution in [3.05, 3.63) is 46.9 Å². The first kappa shape index (κ1) is 21.9. The number of halogens is 1. The highest BCUT2D eigenvalue weighted by molar-refractivity contribution is 5.94. The average molecular weight is 392 g/mol. The second-order valence-corrected chi connectivity index (χ2v) is 7.67. The van der Waals surface area contributed by atoms with Crippen LogP contribution in [0.5, 0.6) is 0 Å². The van der Waals surface area contributed by atoms with Crippen LogP contribution in [-0.4, -0.2) is 49.3 Å². The van der Waals surface area contributed by atoms with Crippen molar-refractivity contribution >= 4 is 11.9 Å². The van der Waals surface area contributed by atoms with Gasteiger partial charge in [-0.25, -0.2) is 9.18 Å². The van der Waals surface area contributed by atoms with E-state index >= 15 is 0 Å². The Kier molecular flexibility index (Phi) is 6.49. The minimum absolute atomic E-state index is 0.0665. The summed E-state index contributed by atoms with van der Waals surface area (Å²) in [5.74, 6) is -2.90. The SMILES string of the molecule is CCC1(C(=O)O)C(c2ccc(F)cc2)C(C(=O)OC)=C(C(C)C)NC1N(C)C. The molecule has 1 aromatic rings. The molecule has 3 atom stereocenters. The van der Waals surface area contributed by atoms with Crippen LogP contribution in [0.25, 0.3) is 0 Å². The summed E-state index contributed by atoms with van der Waals surface area (Å²) >= 11 is 0. The van der Waals surface area contributed by atoms with E-state index in [1.165, 1.54) is 19.2 Å². The lowest BCUT2D eigenvalue weighted by Gasteiger charge is -2.51. The Hall–Kier alpha value is -2.41. The zero-order valence-electron chi connectivity index (χ0n) is 17.2. The highest BCUT2D eigenvalue weighted by Crippen LogP contribution is 2.51. The van der Waals surface area contributed by atoms with Crippen molar-refractivity contribution in [1.29, 1.82) is 0 Å². The Balaban J connectivity index is 2.93. The summed E-state index contributed by atoms with van der Waals surface area (Å²) in [6.45, 7) is 5.65. The van der Waals surface area contributed by atoms with Gasteiger partial charge >= 0.3 is 11.9 Å². The first-order valence-electron chi connectivity index (χ1n) is 9.35. The summed E-state index contributed by atoms with van der Waals surface area (Å²) in [5.41, 5.74) is 0.137. The molecule has 0 radical (unpaired) electrons. The number of nitrogens with one attached hydrogen (secondary N) is 1. The van der Waals surface area contributed by atoms with Crippen LogP contribution in [0.15, 0.2) is 35.5 Å². The number of benzene rings is 1. The molecule has 1 aromatic carbocycles. The van der Waals surface area contributed by atoms with Crippen LogP contribution in [0.2, 0.25) is 0 Å². The van der Waals surface area contributed by atoms with Crippen molar-refractivity contribution in [2.24, 2.45) is 11.3 Å². The van der Waals surface area contributed by atoms with E-state index in [1.54, 1.807) is 33.2 Å². The number of hydrogen-bond acceptors (Lipinski definition) is 5. The average Bonchev–Trinajstić information content (AvgIpc) is 2.65. The van der Waals surface area contributed by atoms with Crippen LogP contribution in [0, 0.1) is 17.2 Å². The van der Waals surface area contributed by atoms with Gasteiger partial charge in [0, 0.05) is 11.6 Å². The molecule has 1 heterocycles.